The normalized spacial score (nSPS) is 14.9. The van der Waals surface area contributed by atoms with Crippen LogP contribution in [-0.2, 0) is 13.0 Å². The van der Waals surface area contributed by atoms with Crippen LogP contribution in [0.2, 0.25) is 0 Å². The Labute approximate surface area is 117 Å². The number of aryl methyl sites for hydroxylation is 1. The maximum absolute atomic E-state index is 5.57. The minimum absolute atomic E-state index is 0.466. The van der Waals surface area contributed by atoms with Crippen molar-refractivity contribution in [2.24, 2.45) is 0 Å². The third-order valence-electron chi connectivity index (χ3n) is 3.25. The number of nitrogens with zero attached hydrogens (tertiary/aromatic N) is 3. The molecule has 0 fully saturated rings. The molecule has 0 amide bonds. The predicted molar refractivity (Wildman–Crippen MR) is 74.6 cm³/mol. The highest BCUT2D eigenvalue weighted by Gasteiger charge is 2.17. The van der Waals surface area contributed by atoms with E-state index in [-0.39, 0.29) is 0 Å². The minimum atomic E-state index is 0.466. The Hall–Kier alpha value is -2.41. The number of anilines is 1. The largest absolute Gasteiger partial charge is 0.472 e. The summed E-state index contributed by atoms with van der Waals surface area (Å²) < 4.78 is 5.07. The molecule has 3 heterocycles. The van der Waals surface area contributed by atoms with Crippen molar-refractivity contribution in [2.45, 2.75) is 19.4 Å². The second-order valence-corrected chi connectivity index (χ2v) is 4.83. The Kier molecular flexibility index (Phi) is 3.34. The maximum Gasteiger partial charge on any atom is 0.197 e. The smallest absolute Gasteiger partial charge is 0.197 e. The van der Waals surface area contributed by atoms with Gasteiger partial charge in [-0.3, -0.25) is 10.0 Å². The molecule has 2 aromatic rings. The van der Waals surface area contributed by atoms with Crippen LogP contribution in [-0.4, -0.2) is 27.0 Å². The highest BCUT2D eigenvalue weighted by molar-refractivity contribution is 5.19. The van der Waals surface area contributed by atoms with Gasteiger partial charge in [-0.1, -0.05) is 0 Å². The molecule has 7 heteroatoms. The van der Waals surface area contributed by atoms with Gasteiger partial charge in [0.25, 0.3) is 0 Å². The zero-order chi connectivity index (χ0) is 13.9. The van der Waals surface area contributed by atoms with Crippen LogP contribution >= 0.6 is 0 Å². The number of nitrogens with one attached hydrogen (secondary N) is 2. The summed E-state index contributed by atoms with van der Waals surface area (Å²) in [7, 11) is 2.00. The van der Waals surface area contributed by atoms with E-state index in [1.807, 2.05) is 23.1 Å². The molecule has 1 aliphatic rings. The van der Waals surface area contributed by atoms with Gasteiger partial charge in [0.15, 0.2) is 5.95 Å². The van der Waals surface area contributed by atoms with Crippen LogP contribution in [0.1, 0.15) is 17.7 Å². The predicted octanol–water partition coefficient (Wildman–Crippen LogP) is 1.23. The summed E-state index contributed by atoms with van der Waals surface area (Å²) in [4.78, 5) is 7.04. The molecule has 1 aliphatic heterocycles. The van der Waals surface area contributed by atoms with Crippen molar-refractivity contribution < 1.29 is 4.42 Å². The number of hydrogen-bond donors (Lipinski definition) is 3. The second-order valence-electron chi connectivity index (χ2n) is 4.83. The number of furan rings is 1. The van der Waals surface area contributed by atoms with Crippen LogP contribution in [0.15, 0.2) is 41.1 Å². The lowest BCUT2D eigenvalue weighted by Gasteiger charge is -2.20. The Morgan fingerprint density at radius 3 is 3.00 bits per heavy atom. The molecule has 0 aliphatic carbocycles. The van der Waals surface area contributed by atoms with E-state index in [1.165, 1.54) is 5.70 Å². The molecule has 4 N–H and O–H groups in total. The fourth-order valence-corrected chi connectivity index (χ4v) is 2.21. The molecular weight excluding hydrogens is 256 g/mol. The number of H-pyrrole nitrogens is 1. The first-order chi connectivity index (χ1) is 9.70. The molecule has 0 spiro atoms. The summed E-state index contributed by atoms with van der Waals surface area (Å²) in [5, 5.41) is 4.04. The van der Waals surface area contributed by atoms with Gasteiger partial charge in [0.2, 0.25) is 0 Å². The van der Waals surface area contributed by atoms with E-state index in [0.717, 1.165) is 30.6 Å². The molecule has 20 heavy (non-hydrogen) atoms. The number of aromatic amines is 1. The minimum Gasteiger partial charge on any atom is -0.472 e. The van der Waals surface area contributed by atoms with E-state index in [2.05, 4.69) is 21.7 Å². The quantitative estimate of drug-likeness (QED) is 0.760. The van der Waals surface area contributed by atoms with Gasteiger partial charge < -0.3 is 15.1 Å². The summed E-state index contributed by atoms with van der Waals surface area (Å²) in [6.07, 6.45) is 9.10. The van der Waals surface area contributed by atoms with Crippen molar-refractivity contribution >= 4 is 5.95 Å². The van der Waals surface area contributed by atoms with Crippen LogP contribution in [0.3, 0.4) is 0 Å². The molecular formula is C13H18N6O. The van der Waals surface area contributed by atoms with Crippen molar-refractivity contribution in [2.75, 3.05) is 12.8 Å². The van der Waals surface area contributed by atoms with E-state index in [1.54, 1.807) is 18.7 Å². The van der Waals surface area contributed by atoms with Crippen molar-refractivity contribution in [1.29, 1.82) is 0 Å². The molecule has 3 rings (SSSR count). The number of aromatic nitrogens is 2. The van der Waals surface area contributed by atoms with Gasteiger partial charge in [-0.15, -0.1) is 5.53 Å². The Bertz CT molecular complexity index is 588. The van der Waals surface area contributed by atoms with Gasteiger partial charge in [-0.2, -0.15) is 0 Å². The van der Waals surface area contributed by atoms with Gasteiger partial charge in [-0.05, 0) is 18.9 Å². The number of imidazole rings is 1. The summed E-state index contributed by atoms with van der Waals surface area (Å²) >= 11 is 0. The highest BCUT2D eigenvalue weighted by atomic mass is 16.3. The molecule has 0 radical (unpaired) electrons. The molecule has 0 atom stereocenters. The van der Waals surface area contributed by atoms with Crippen LogP contribution in [0.25, 0.3) is 0 Å². The van der Waals surface area contributed by atoms with E-state index in [9.17, 15) is 0 Å². The molecule has 0 aromatic carbocycles. The number of nitrogens with two attached hydrogens (primary N) is 1. The summed E-state index contributed by atoms with van der Waals surface area (Å²) in [5.41, 5.74) is 12.2. The number of allylic oxidation sites excluding steroid dienone is 1. The van der Waals surface area contributed by atoms with Crippen molar-refractivity contribution in [1.82, 2.24) is 25.5 Å². The Morgan fingerprint density at radius 2 is 2.30 bits per heavy atom. The van der Waals surface area contributed by atoms with E-state index >= 15 is 0 Å². The van der Waals surface area contributed by atoms with E-state index in [0.29, 0.717) is 5.95 Å². The first-order valence-corrected chi connectivity index (χ1v) is 6.48. The van der Waals surface area contributed by atoms with E-state index < -0.39 is 0 Å². The van der Waals surface area contributed by atoms with Crippen molar-refractivity contribution in [3.8, 4) is 0 Å². The Morgan fingerprint density at radius 1 is 1.40 bits per heavy atom. The summed E-state index contributed by atoms with van der Waals surface area (Å²) in [6.45, 7) is 0.765. The molecule has 7 nitrogen and oxygen atoms in total. The first-order valence-electron chi connectivity index (χ1n) is 6.48. The average Bonchev–Trinajstić information content (AvgIpc) is 3.11. The van der Waals surface area contributed by atoms with Crippen LogP contribution < -0.4 is 11.3 Å². The van der Waals surface area contributed by atoms with Gasteiger partial charge in [0, 0.05) is 30.2 Å². The van der Waals surface area contributed by atoms with Crippen LogP contribution in [0.5, 0.6) is 0 Å². The molecule has 106 valence electrons. The number of rotatable bonds is 5. The topological polar surface area (TPSA) is 86.3 Å². The van der Waals surface area contributed by atoms with Gasteiger partial charge in [0.1, 0.15) is 0 Å². The Balaban J connectivity index is 1.58. The summed E-state index contributed by atoms with van der Waals surface area (Å²) in [6, 6.07) is 1.96. The maximum atomic E-state index is 5.57. The van der Waals surface area contributed by atoms with Gasteiger partial charge >= 0.3 is 0 Å². The third-order valence-corrected chi connectivity index (χ3v) is 3.25. The molecule has 0 bridgehead atoms. The fraction of sp³-hybridized carbons (Fsp3) is 0.308. The van der Waals surface area contributed by atoms with Gasteiger partial charge in [0.05, 0.1) is 25.3 Å². The first kappa shape index (κ1) is 12.6. The second kappa shape index (κ2) is 5.30. The zero-order valence-electron chi connectivity index (χ0n) is 11.3. The average molecular weight is 274 g/mol. The van der Waals surface area contributed by atoms with Crippen molar-refractivity contribution in [3.63, 3.8) is 0 Å². The van der Waals surface area contributed by atoms with E-state index in [4.69, 9.17) is 10.2 Å². The number of hydrogen-bond acceptors (Lipinski definition) is 6. The molecule has 0 saturated heterocycles. The van der Waals surface area contributed by atoms with Gasteiger partial charge in [-0.25, -0.2) is 4.98 Å². The van der Waals surface area contributed by atoms with Crippen LogP contribution in [0, 0.1) is 0 Å². The molecule has 0 saturated carbocycles. The third kappa shape index (κ3) is 2.77. The van der Waals surface area contributed by atoms with Crippen LogP contribution in [0.4, 0.5) is 5.95 Å². The molecule has 2 aromatic heterocycles. The lowest BCUT2D eigenvalue weighted by molar-refractivity contribution is 0.146. The SMILES string of the molecule is CN1NN(Cc2ccoc2)C=C1CCc1cnc(N)[nH]1. The lowest BCUT2D eigenvalue weighted by atomic mass is 10.2. The number of hydrazine groups is 2. The summed E-state index contributed by atoms with van der Waals surface area (Å²) in [5.74, 6) is 0.466. The monoisotopic (exact) mass is 274 g/mol. The lowest BCUT2D eigenvalue weighted by Crippen LogP contribution is -2.37. The zero-order valence-corrected chi connectivity index (χ0v) is 11.3. The standard InChI is InChI=1S/C13H18N6O/c1-18-12(3-2-11-6-15-13(14)16-11)8-19(17-18)7-10-4-5-20-9-10/h4-6,8-9,17H,2-3,7H2,1H3,(H3,14,15,16). The molecule has 0 unspecified atom stereocenters. The van der Waals surface area contributed by atoms with Crippen molar-refractivity contribution in [3.05, 3.63) is 47.9 Å². The highest BCUT2D eigenvalue weighted by Crippen LogP contribution is 2.17. The fourth-order valence-electron chi connectivity index (χ4n) is 2.21. The number of nitrogen functional groups attached to an aromatic ring is 1.